The minimum Gasteiger partial charge on any atom is -0.548 e. The van der Waals surface area contributed by atoms with E-state index in [-0.39, 0.29) is 5.91 Å². The van der Waals surface area contributed by atoms with Crippen LogP contribution >= 0.6 is 11.3 Å². The lowest BCUT2D eigenvalue weighted by atomic mass is 10.2. The molecule has 21 heavy (non-hydrogen) atoms. The van der Waals surface area contributed by atoms with Crippen molar-refractivity contribution in [3.8, 4) is 0 Å². The van der Waals surface area contributed by atoms with Crippen molar-refractivity contribution in [2.75, 3.05) is 11.9 Å². The van der Waals surface area contributed by atoms with Crippen LogP contribution in [0, 0.1) is 0 Å². The Kier molecular flexibility index (Phi) is 4.68. The Morgan fingerprint density at radius 1 is 1.05 bits per heavy atom. The van der Waals surface area contributed by atoms with Crippen LogP contribution in [-0.4, -0.2) is 24.3 Å². The molecule has 108 valence electrons. The van der Waals surface area contributed by atoms with Crippen molar-refractivity contribution in [2.24, 2.45) is 0 Å². The maximum Gasteiger partial charge on any atom is 0.265 e. The van der Waals surface area contributed by atoms with Gasteiger partial charge in [-0.1, -0.05) is 6.07 Å². The minimum absolute atomic E-state index is 0.223. The number of anilines is 1. The SMILES string of the molecule is O=C([O-])CNC(=O)c1ccc(NC(=O)c2cccs2)cc1. The van der Waals surface area contributed by atoms with E-state index in [0.29, 0.717) is 16.1 Å². The molecular weight excluding hydrogens is 292 g/mol. The molecule has 2 N–H and O–H groups in total. The van der Waals surface area contributed by atoms with E-state index in [0.717, 1.165) is 0 Å². The number of hydrogen-bond donors (Lipinski definition) is 2. The summed E-state index contributed by atoms with van der Waals surface area (Å²) in [4.78, 5) is 34.2. The van der Waals surface area contributed by atoms with Gasteiger partial charge in [0, 0.05) is 11.3 Å². The third kappa shape index (κ3) is 4.15. The van der Waals surface area contributed by atoms with E-state index in [2.05, 4.69) is 10.6 Å². The lowest BCUT2D eigenvalue weighted by Crippen LogP contribution is -2.37. The molecule has 0 spiro atoms. The van der Waals surface area contributed by atoms with Crippen LogP contribution in [0.3, 0.4) is 0 Å². The zero-order valence-electron chi connectivity index (χ0n) is 10.8. The highest BCUT2D eigenvalue weighted by Crippen LogP contribution is 2.14. The van der Waals surface area contributed by atoms with Crippen LogP contribution in [0.15, 0.2) is 41.8 Å². The van der Waals surface area contributed by atoms with Gasteiger partial charge in [-0.3, -0.25) is 9.59 Å². The standard InChI is InChI=1S/C14H12N2O4S/c17-12(18)8-15-13(19)9-3-5-10(6-4-9)16-14(20)11-2-1-7-21-11/h1-7H,8H2,(H,15,19)(H,16,20)(H,17,18)/p-1. The Morgan fingerprint density at radius 3 is 2.33 bits per heavy atom. The first-order valence-electron chi connectivity index (χ1n) is 5.99. The summed E-state index contributed by atoms with van der Waals surface area (Å²) in [5.41, 5.74) is 0.843. The summed E-state index contributed by atoms with van der Waals surface area (Å²) in [5, 5.41) is 16.9. The Balaban J connectivity index is 1.97. The van der Waals surface area contributed by atoms with E-state index in [1.54, 1.807) is 29.6 Å². The molecular formula is C14H11N2O4S-. The zero-order valence-corrected chi connectivity index (χ0v) is 11.6. The fourth-order valence-corrected chi connectivity index (χ4v) is 2.18. The second-order valence-corrected chi connectivity index (χ2v) is 5.01. The maximum absolute atomic E-state index is 11.8. The molecule has 0 saturated heterocycles. The van der Waals surface area contributed by atoms with Crippen molar-refractivity contribution in [3.05, 3.63) is 52.2 Å². The smallest absolute Gasteiger partial charge is 0.265 e. The van der Waals surface area contributed by atoms with Crippen LogP contribution in [0.4, 0.5) is 5.69 Å². The van der Waals surface area contributed by atoms with Crippen molar-refractivity contribution < 1.29 is 19.5 Å². The van der Waals surface area contributed by atoms with E-state index in [9.17, 15) is 19.5 Å². The largest absolute Gasteiger partial charge is 0.548 e. The van der Waals surface area contributed by atoms with E-state index in [1.807, 2.05) is 0 Å². The van der Waals surface area contributed by atoms with Gasteiger partial charge >= 0.3 is 0 Å². The van der Waals surface area contributed by atoms with E-state index < -0.39 is 18.4 Å². The van der Waals surface area contributed by atoms with Crippen LogP contribution in [0.25, 0.3) is 0 Å². The van der Waals surface area contributed by atoms with Crippen LogP contribution in [0.1, 0.15) is 20.0 Å². The number of rotatable bonds is 5. The molecule has 0 atom stereocenters. The molecule has 0 bridgehead atoms. The highest BCUT2D eigenvalue weighted by Gasteiger charge is 2.08. The number of thiophene rings is 1. The predicted molar refractivity (Wildman–Crippen MR) is 76.1 cm³/mol. The van der Waals surface area contributed by atoms with Crippen molar-refractivity contribution in [1.82, 2.24) is 5.32 Å². The van der Waals surface area contributed by atoms with Gasteiger partial charge in [0.1, 0.15) is 0 Å². The first-order chi connectivity index (χ1) is 10.1. The summed E-state index contributed by atoms with van der Waals surface area (Å²) < 4.78 is 0. The number of amides is 2. The number of aliphatic carboxylic acids is 1. The second-order valence-electron chi connectivity index (χ2n) is 4.06. The molecule has 2 aromatic rings. The summed E-state index contributed by atoms with van der Waals surface area (Å²) in [5.74, 6) is -2.10. The van der Waals surface area contributed by atoms with E-state index >= 15 is 0 Å². The molecule has 7 heteroatoms. The predicted octanol–water partition coefficient (Wildman–Crippen LogP) is 0.480. The quantitative estimate of drug-likeness (QED) is 0.839. The van der Waals surface area contributed by atoms with Crippen LogP contribution in [-0.2, 0) is 4.79 Å². The highest BCUT2D eigenvalue weighted by molar-refractivity contribution is 7.12. The molecule has 0 aliphatic heterocycles. The maximum atomic E-state index is 11.8. The number of carbonyl (C=O) groups excluding carboxylic acids is 3. The third-order valence-corrected chi connectivity index (χ3v) is 3.41. The van der Waals surface area contributed by atoms with Crippen molar-refractivity contribution in [1.29, 1.82) is 0 Å². The normalized spacial score (nSPS) is 9.90. The molecule has 0 unspecified atom stereocenters. The molecule has 2 rings (SSSR count). The zero-order chi connectivity index (χ0) is 15.2. The third-order valence-electron chi connectivity index (χ3n) is 2.54. The Bertz CT molecular complexity index is 650. The van der Waals surface area contributed by atoms with E-state index in [1.165, 1.54) is 23.5 Å². The van der Waals surface area contributed by atoms with Gasteiger partial charge in [0.25, 0.3) is 11.8 Å². The Morgan fingerprint density at radius 2 is 1.76 bits per heavy atom. The van der Waals surface area contributed by atoms with Crippen molar-refractivity contribution >= 4 is 34.8 Å². The summed E-state index contributed by atoms with van der Waals surface area (Å²) >= 11 is 1.33. The van der Waals surface area contributed by atoms with Gasteiger partial charge in [-0.2, -0.15) is 0 Å². The molecule has 1 heterocycles. The highest BCUT2D eigenvalue weighted by atomic mass is 32.1. The Hall–Kier alpha value is -2.67. The summed E-state index contributed by atoms with van der Waals surface area (Å²) in [6.07, 6.45) is 0. The van der Waals surface area contributed by atoms with Crippen LogP contribution < -0.4 is 15.7 Å². The summed E-state index contributed by atoms with van der Waals surface area (Å²) in [6.45, 7) is -0.546. The number of carboxylic acids is 1. The van der Waals surface area contributed by atoms with Gasteiger partial charge in [0.15, 0.2) is 0 Å². The molecule has 2 amide bonds. The average molecular weight is 303 g/mol. The van der Waals surface area contributed by atoms with Gasteiger partial charge in [0.2, 0.25) is 0 Å². The fourth-order valence-electron chi connectivity index (χ4n) is 1.56. The van der Waals surface area contributed by atoms with Crippen LogP contribution in [0.5, 0.6) is 0 Å². The van der Waals surface area contributed by atoms with E-state index in [4.69, 9.17) is 0 Å². The summed E-state index contributed by atoms with van der Waals surface area (Å²) in [7, 11) is 0. The van der Waals surface area contributed by atoms with Crippen molar-refractivity contribution in [2.45, 2.75) is 0 Å². The van der Waals surface area contributed by atoms with Gasteiger partial charge in [-0.15, -0.1) is 11.3 Å². The summed E-state index contributed by atoms with van der Waals surface area (Å²) in [6, 6.07) is 9.62. The van der Waals surface area contributed by atoms with Gasteiger partial charge in [0.05, 0.1) is 17.4 Å². The molecule has 0 saturated carbocycles. The van der Waals surface area contributed by atoms with Gasteiger partial charge in [-0.25, -0.2) is 0 Å². The molecule has 0 aliphatic carbocycles. The van der Waals surface area contributed by atoms with Crippen molar-refractivity contribution in [3.63, 3.8) is 0 Å². The first kappa shape index (κ1) is 14.7. The molecule has 0 aliphatic rings. The number of carbonyl (C=O) groups is 3. The second kappa shape index (κ2) is 6.67. The monoisotopic (exact) mass is 303 g/mol. The van der Waals surface area contributed by atoms with Gasteiger partial charge < -0.3 is 20.5 Å². The topological polar surface area (TPSA) is 98.3 Å². The molecule has 1 aromatic heterocycles. The lowest BCUT2D eigenvalue weighted by Gasteiger charge is -2.07. The number of hydrogen-bond acceptors (Lipinski definition) is 5. The average Bonchev–Trinajstić information content (AvgIpc) is 3.00. The number of nitrogens with one attached hydrogen (secondary N) is 2. The Labute approximate surface area is 124 Å². The lowest BCUT2D eigenvalue weighted by molar-refractivity contribution is -0.303. The molecule has 0 radical (unpaired) electrons. The first-order valence-corrected chi connectivity index (χ1v) is 6.87. The molecule has 0 fully saturated rings. The number of benzene rings is 1. The molecule has 6 nitrogen and oxygen atoms in total. The fraction of sp³-hybridized carbons (Fsp3) is 0.0714. The minimum atomic E-state index is -1.36. The number of carboxylic acid groups (broad SMARTS) is 1. The van der Waals surface area contributed by atoms with Crippen LogP contribution in [0.2, 0.25) is 0 Å². The molecule has 1 aromatic carbocycles. The van der Waals surface area contributed by atoms with Gasteiger partial charge in [-0.05, 0) is 35.7 Å².